The third-order valence-electron chi connectivity index (χ3n) is 2.91. The number of aliphatic hydroxyl groups excluding tert-OH is 1. The predicted octanol–water partition coefficient (Wildman–Crippen LogP) is 2.76. The number of hydrogen-bond donors (Lipinski definition) is 1. The number of nitrogens with zero attached hydrogens (tertiary/aromatic N) is 1. The van der Waals surface area contributed by atoms with Crippen molar-refractivity contribution < 1.29 is 9.63 Å². The zero-order chi connectivity index (χ0) is 11.7. The summed E-state index contributed by atoms with van der Waals surface area (Å²) in [6.07, 6.45) is 0. The number of rotatable bonds is 2. The summed E-state index contributed by atoms with van der Waals surface area (Å²) in [4.78, 5) is 0. The molecule has 0 fully saturated rings. The summed E-state index contributed by atoms with van der Waals surface area (Å²) in [6, 6.07) is 6.08. The first-order valence-electron chi connectivity index (χ1n) is 5.27. The van der Waals surface area contributed by atoms with Gasteiger partial charge in [-0.15, -0.1) is 0 Å². The SMILES string of the molecule is Cc1ccc(-c2onc(C)c2CO)cc1C. The molecule has 0 aliphatic carbocycles. The molecule has 0 aliphatic heterocycles. The van der Waals surface area contributed by atoms with Gasteiger partial charge in [0.05, 0.1) is 12.3 Å². The molecule has 0 saturated carbocycles. The van der Waals surface area contributed by atoms with E-state index in [-0.39, 0.29) is 6.61 Å². The van der Waals surface area contributed by atoms with Gasteiger partial charge in [-0.3, -0.25) is 0 Å². The van der Waals surface area contributed by atoms with Crippen molar-refractivity contribution in [3.63, 3.8) is 0 Å². The molecule has 2 aromatic rings. The molecule has 0 aliphatic rings. The van der Waals surface area contributed by atoms with Crippen LogP contribution in [0.4, 0.5) is 0 Å². The van der Waals surface area contributed by atoms with Gasteiger partial charge in [0.1, 0.15) is 0 Å². The zero-order valence-electron chi connectivity index (χ0n) is 9.74. The molecule has 16 heavy (non-hydrogen) atoms. The van der Waals surface area contributed by atoms with Gasteiger partial charge >= 0.3 is 0 Å². The van der Waals surface area contributed by atoms with Crippen LogP contribution in [-0.2, 0) is 6.61 Å². The topological polar surface area (TPSA) is 46.3 Å². The summed E-state index contributed by atoms with van der Waals surface area (Å²) in [6.45, 7) is 5.91. The van der Waals surface area contributed by atoms with Crippen molar-refractivity contribution in [2.24, 2.45) is 0 Å². The van der Waals surface area contributed by atoms with Crippen molar-refractivity contribution >= 4 is 0 Å². The number of aromatic nitrogens is 1. The van der Waals surface area contributed by atoms with Gasteiger partial charge in [0.25, 0.3) is 0 Å². The molecule has 0 unspecified atom stereocenters. The van der Waals surface area contributed by atoms with Crippen LogP contribution in [0.2, 0.25) is 0 Å². The van der Waals surface area contributed by atoms with Crippen LogP contribution in [0.1, 0.15) is 22.4 Å². The number of hydrogen-bond acceptors (Lipinski definition) is 3. The van der Waals surface area contributed by atoms with Crippen LogP contribution in [0.5, 0.6) is 0 Å². The number of aliphatic hydroxyl groups is 1. The molecule has 3 heteroatoms. The van der Waals surface area contributed by atoms with E-state index in [1.54, 1.807) is 0 Å². The van der Waals surface area contributed by atoms with E-state index in [9.17, 15) is 5.11 Å². The average molecular weight is 217 g/mol. The Kier molecular flexibility index (Phi) is 2.79. The van der Waals surface area contributed by atoms with E-state index in [4.69, 9.17) is 4.52 Å². The second kappa shape index (κ2) is 4.10. The molecule has 2 rings (SSSR count). The first-order valence-corrected chi connectivity index (χ1v) is 5.27. The molecule has 0 radical (unpaired) electrons. The monoisotopic (exact) mass is 217 g/mol. The van der Waals surface area contributed by atoms with Crippen molar-refractivity contribution in [1.29, 1.82) is 0 Å². The molecule has 84 valence electrons. The van der Waals surface area contributed by atoms with Gasteiger partial charge < -0.3 is 9.63 Å². The molecule has 3 nitrogen and oxygen atoms in total. The highest BCUT2D eigenvalue weighted by atomic mass is 16.5. The number of benzene rings is 1. The fourth-order valence-corrected chi connectivity index (χ4v) is 1.68. The standard InChI is InChI=1S/C13H15NO2/c1-8-4-5-11(6-9(8)2)13-12(7-15)10(3)14-16-13/h4-6,15H,7H2,1-3H3. The van der Waals surface area contributed by atoms with Crippen molar-refractivity contribution in [2.45, 2.75) is 27.4 Å². The van der Waals surface area contributed by atoms with Gasteiger partial charge in [0, 0.05) is 11.1 Å². The van der Waals surface area contributed by atoms with Crippen LogP contribution in [0.3, 0.4) is 0 Å². The molecule has 1 aromatic carbocycles. The lowest BCUT2D eigenvalue weighted by Gasteiger charge is -2.03. The van der Waals surface area contributed by atoms with Gasteiger partial charge in [0.15, 0.2) is 5.76 Å². The third-order valence-corrected chi connectivity index (χ3v) is 2.91. The summed E-state index contributed by atoms with van der Waals surface area (Å²) in [5.74, 6) is 0.670. The Hall–Kier alpha value is -1.61. The Balaban J connectivity index is 2.54. The second-order valence-electron chi connectivity index (χ2n) is 4.03. The van der Waals surface area contributed by atoms with Crippen LogP contribution in [-0.4, -0.2) is 10.3 Å². The van der Waals surface area contributed by atoms with Crippen LogP contribution in [0.25, 0.3) is 11.3 Å². The quantitative estimate of drug-likeness (QED) is 0.841. The van der Waals surface area contributed by atoms with E-state index in [1.807, 2.05) is 19.1 Å². The fraction of sp³-hybridized carbons (Fsp3) is 0.308. The Morgan fingerprint density at radius 1 is 1.19 bits per heavy atom. The second-order valence-corrected chi connectivity index (χ2v) is 4.03. The molecule has 1 aromatic heterocycles. The highest BCUT2D eigenvalue weighted by Gasteiger charge is 2.14. The van der Waals surface area contributed by atoms with Gasteiger partial charge in [-0.2, -0.15) is 0 Å². The van der Waals surface area contributed by atoms with Crippen molar-refractivity contribution in [1.82, 2.24) is 5.16 Å². The summed E-state index contributed by atoms with van der Waals surface area (Å²) in [5.41, 5.74) is 4.92. The lowest BCUT2D eigenvalue weighted by atomic mass is 10.0. The van der Waals surface area contributed by atoms with Gasteiger partial charge in [0.2, 0.25) is 0 Å². The maximum absolute atomic E-state index is 9.27. The molecule has 0 spiro atoms. The largest absolute Gasteiger partial charge is 0.391 e. The van der Waals surface area contributed by atoms with Crippen LogP contribution < -0.4 is 0 Å². The van der Waals surface area contributed by atoms with Gasteiger partial charge in [-0.1, -0.05) is 17.3 Å². The minimum atomic E-state index is -0.0441. The number of aryl methyl sites for hydroxylation is 3. The van der Waals surface area contributed by atoms with E-state index >= 15 is 0 Å². The lowest BCUT2D eigenvalue weighted by molar-refractivity contribution is 0.281. The van der Waals surface area contributed by atoms with E-state index in [1.165, 1.54) is 11.1 Å². The maximum Gasteiger partial charge on any atom is 0.172 e. The summed E-state index contributed by atoms with van der Waals surface area (Å²) >= 11 is 0. The third kappa shape index (κ3) is 1.74. The van der Waals surface area contributed by atoms with E-state index < -0.39 is 0 Å². The van der Waals surface area contributed by atoms with E-state index in [0.717, 1.165) is 16.8 Å². The molecular weight excluding hydrogens is 202 g/mol. The highest BCUT2D eigenvalue weighted by molar-refractivity contribution is 5.63. The molecule has 1 heterocycles. The maximum atomic E-state index is 9.27. The summed E-state index contributed by atoms with van der Waals surface area (Å²) in [7, 11) is 0. The summed E-state index contributed by atoms with van der Waals surface area (Å²) in [5, 5.41) is 13.2. The van der Waals surface area contributed by atoms with Crippen molar-refractivity contribution in [3.8, 4) is 11.3 Å². The molecule has 0 bridgehead atoms. The molecule has 1 N–H and O–H groups in total. The minimum absolute atomic E-state index is 0.0441. The molecule has 0 saturated heterocycles. The normalized spacial score (nSPS) is 10.8. The first-order chi connectivity index (χ1) is 7.63. The smallest absolute Gasteiger partial charge is 0.172 e. The minimum Gasteiger partial charge on any atom is -0.391 e. The van der Waals surface area contributed by atoms with Crippen LogP contribution in [0.15, 0.2) is 22.7 Å². The van der Waals surface area contributed by atoms with Crippen molar-refractivity contribution in [3.05, 3.63) is 40.6 Å². The van der Waals surface area contributed by atoms with Gasteiger partial charge in [-0.05, 0) is 38.0 Å². The van der Waals surface area contributed by atoms with Crippen LogP contribution in [0, 0.1) is 20.8 Å². The highest BCUT2D eigenvalue weighted by Crippen LogP contribution is 2.27. The molecule has 0 amide bonds. The lowest BCUT2D eigenvalue weighted by Crippen LogP contribution is -1.89. The summed E-state index contributed by atoms with van der Waals surface area (Å²) < 4.78 is 5.26. The van der Waals surface area contributed by atoms with Gasteiger partial charge in [-0.25, -0.2) is 0 Å². The average Bonchev–Trinajstić information content (AvgIpc) is 2.63. The molecule has 0 atom stereocenters. The fourth-order valence-electron chi connectivity index (χ4n) is 1.68. The van der Waals surface area contributed by atoms with E-state index in [0.29, 0.717) is 5.76 Å². The zero-order valence-corrected chi connectivity index (χ0v) is 9.74. The van der Waals surface area contributed by atoms with Crippen molar-refractivity contribution in [2.75, 3.05) is 0 Å². The Morgan fingerprint density at radius 3 is 2.56 bits per heavy atom. The van der Waals surface area contributed by atoms with E-state index in [2.05, 4.69) is 25.1 Å². The Labute approximate surface area is 94.7 Å². The van der Waals surface area contributed by atoms with Crippen LogP contribution >= 0.6 is 0 Å². The Bertz CT molecular complexity index is 515. The molecular formula is C13H15NO2. The first kappa shape index (κ1) is 10.9. The predicted molar refractivity (Wildman–Crippen MR) is 62.1 cm³/mol. The Morgan fingerprint density at radius 2 is 1.94 bits per heavy atom.